The summed E-state index contributed by atoms with van der Waals surface area (Å²) in [7, 11) is -1.15. The standard InChI is InChI=1S/C54H67N6O8PSi/c1-37(2)60(38(3)4)69(65-34-18-32-55)67-48-46(35-64-54(40-21-16-13-17-22-40,41-23-27-43(62-8)28-24-41)42-25-29-44(63-9)30-26-42)66-52(49(48)68-70(10,11)53(5,6)7)59-36-57-47-45(59)31-33-56-50(47)58-51(61)39-19-14-12-15-20-39/h12-17,19-31,33,36-38,46,48-49,52H,18,34-35H2,1-11H3,(H,56,58,61)/t46-,48-,49-,52-,69?/m1/s1. The summed E-state index contributed by atoms with van der Waals surface area (Å²) < 4.78 is 52.0. The Labute approximate surface area is 415 Å². The largest absolute Gasteiger partial charge is 0.497 e. The van der Waals surface area contributed by atoms with Gasteiger partial charge in [0, 0.05) is 23.8 Å². The van der Waals surface area contributed by atoms with Gasteiger partial charge in [0.1, 0.15) is 40.9 Å². The predicted molar refractivity (Wildman–Crippen MR) is 276 cm³/mol. The first kappa shape index (κ1) is 52.3. The molecule has 0 spiro atoms. The highest BCUT2D eigenvalue weighted by atomic mass is 31.2. The third-order valence-electron chi connectivity index (χ3n) is 13.1. The number of amides is 1. The number of anilines is 1. The van der Waals surface area contributed by atoms with Crippen molar-refractivity contribution in [2.24, 2.45) is 0 Å². The van der Waals surface area contributed by atoms with Crippen LogP contribution in [0.25, 0.3) is 11.0 Å². The quantitative estimate of drug-likeness (QED) is 0.0316. The molecule has 7 rings (SSSR count). The molecule has 370 valence electrons. The first-order valence-corrected chi connectivity index (χ1v) is 27.8. The predicted octanol–water partition coefficient (Wildman–Crippen LogP) is 11.7. The Morgan fingerprint density at radius 2 is 1.40 bits per heavy atom. The van der Waals surface area contributed by atoms with Gasteiger partial charge in [-0.15, -0.1) is 0 Å². The summed E-state index contributed by atoms with van der Waals surface area (Å²) in [6.45, 7) is 19.7. The first-order valence-electron chi connectivity index (χ1n) is 23.8. The Balaban J connectivity index is 1.41. The number of nitrogens with one attached hydrogen (secondary N) is 1. The van der Waals surface area contributed by atoms with Gasteiger partial charge in [0.15, 0.2) is 20.4 Å². The topological polar surface area (TPSA) is 151 Å². The summed E-state index contributed by atoms with van der Waals surface area (Å²) in [6.07, 6.45) is 0.438. The van der Waals surface area contributed by atoms with Crippen LogP contribution in [0.15, 0.2) is 128 Å². The highest BCUT2D eigenvalue weighted by Gasteiger charge is 2.54. The lowest BCUT2D eigenvalue weighted by Gasteiger charge is -2.42. The van der Waals surface area contributed by atoms with E-state index in [9.17, 15) is 10.1 Å². The normalized spacial score (nSPS) is 18.1. The fourth-order valence-corrected chi connectivity index (χ4v) is 11.6. The molecule has 14 nitrogen and oxygen atoms in total. The maximum atomic E-state index is 13.5. The molecule has 3 heterocycles. The molecule has 1 unspecified atom stereocenters. The summed E-state index contributed by atoms with van der Waals surface area (Å²) in [4.78, 5) is 22.9. The summed E-state index contributed by atoms with van der Waals surface area (Å²) in [5, 5.41) is 12.4. The average Bonchev–Trinajstić information content (AvgIpc) is 3.93. The van der Waals surface area contributed by atoms with Crippen LogP contribution in [-0.4, -0.2) is 91.3 Å². The van der Waals surface area contributed by atoms with Crippen molar-refractivity contribution in [1.29, 1.82) is 5.26 Å². The number of pyridine rings is 1. The number of hydrogen-bond acceptors (Lipinski definition) is 12. The van der Waals surface area contributed by atoms with Crippen LogP contribution in [0.5, 0.6) is 11.5 Å². The lowest BCUT2D eigenvalue weighted by molar-refractivity contribution is -0.0925. The number of hydrogen-bond donors (Lipinski definition) is 1. The molecule has 2 aromatic heterocycles. The van der Waals surface area contributed by atoms with Crippen molar-refractivity contribution < 1.29 is 37.2 Å². The first-order chi connectivity index (χ1) is 33.5. The van der Waals surface area contributed by atoms with Gasteiger partial charge in [0.2, 0.25) is 0 Å². The van der Waals surface area contributed by atoms with Gasteiger partial charge in [-0.25, -0.2) is 14.6 Å². The van der Waals surface area contributed by atoms with Gasteiger partial charge >= 0.3 is 0 Å². The van der Waals surface area contributed by atoms with Crippen molar-refractivity contribution in [1.82, 2.24) is 19.2 Å². The van der Waals surface area contributed by atoms with E-state index in [1.807, 2.05) is 95.6 Å². The zero-order valence-corrected chi connectivity index (χ0v) is 44.1. The zero-order chi connectivity index (χ0) is 50.2. The second kappa shape index (κ2) is 22.7. The minimum Gasteiger partial charge on any atom is -0.497 e. The number of rotatable bonds is 21. The number of methoxy groups -OCH3 is 2. The molecule has 0 aliphatic carbocycles. The Morgan fingerprint density at radius 1 is 0.829 bits per heavy atom. The number of fused-ring (bicyclic) bond motifs is 1. The molecule has 70 heavy (non-hydrogen) atoms. The molecule has 5 atom stereocenters. The molecular weight excluding hydrogens is 920 g/mol. The van der Waals surface area contributed by atoms with E-state index in [2.05, 4.69) is 94.7 Å². The molecule has 1 saturated heterocycles. The number of aromatic nitrogens is 3. The SMILES string of the molecule is COc1ccc(C(OC[C@H]2O[C@@H](n3cnc4c(NC(=O)c5ccccc5)nccc43)[C@H](O[Si](C)(C)C(C)(C)C)[C@@H]2OP(OCCC#N)N(C(C)C)C(C)C)(c2ccccc2)c2ccc(OC)cc2)cc1. The molecule has 0 saturated carbocycles. The van der Waals surface area contributed by atoms with E-state index < -0.39 is 47.0 Å². The molecule has 1 fully saturated rings. The highest BCUT2D eigenvalue weighted by molar-refractivity contribution is 7.44. The third kappa shape index (κ3) is 11.3. The van der Waals surface area contributed by atoms with Gasteiger partial charge in [-0.3, -0.25) is 4.79 Å². The third-order valence-corrected chi connectivity index (χ3v) is 19.7. The van der Waals surface area contributed by atoms with E-state index in [0.717, 1.165) is 16.7 Å². The maximum Gasteiger partial charge on any atom is 0.259 e. The number of carbonyl (C=O) groups excluding carboxylic acids is 1. The number of nitriles is 1. The number of nitrogens with zero attached hydrogens (tertiary/aromatic N) is 5. The summed E-state index contributed by atoms with van der Waals surface area (Å²) in [5.74, 6) is 1.41. The monoisotopic (exact) mass is 986 g/mol. The van der Waals surface area contributed by atoms with Crippen LogP contribution in [0.4, 0.5) is 5.82 Å². The molecular formula is C54H67N6O8PSi. The van der Waals surface area contributed by atoms with Gasteiger partial charge < -0.3 is 42.3 Å². The van der Waals surface area contributed by atoms with E-state index in [1.54, 1.807) is 38.9 Å². The zero-order valence-electron chi connectivity index (χ0n) is 42.2. The molecule has 0 bridgehead atoms. The van der Waals surface area contributed by atoms with Gasteiger partial charge in [0.05, 0.1) is 51.8 Å². The second-order valence-electron chi connectivity index (χ2n) is 19.3. The molecule has 4 aromatic carbocycles. The fourth-order valence-electron chi connectivity index (χ4n) is 8.54. The molecule has 0 radical (unpaired) electrons. The van der Waals surface area contributed by atoms with Crippen LogP contribution in [-0.2, 0) is 28.5 Å². The molecule has 6 aromatic rings. The van der Waals surface area contributed by atoms with E-state index in [4.69, 9.17) is 37.4 Å². The van der Waals surface area contributed by atoms with Gasteiger partial charge in [-0.1, -0.05) is 93.6 Å². The molecule has 16 heteroatoms. The number of carbonyl (C=O) groups is 1. The highest BCUT2D eigenvalue weighted by Crippen LogP contribution is 2.53. The lowest BCUT2D eigenvalue weighted by atomic mass is 9.80. The van der Waals surface area contributed by atoms with Gasteiger partial charge in [0.25, 0.3) is 14.4 Å². The van der Waals surface area contributed by atoms with Crippen molar-refractivity contribution in [2.45, 2.75) is 115 Å². The summed E-state index contributed by atoms with van der Waals surface area (Å²) in [5.41, 5.74) is 3.06. The second-order valence-corrected chi connectivity index (χ2v) is 25.5. The number of ether oxygens (including phenoxy) is 4. The smallest absolute Gasteiger partial charge is 0.259 e. The maximum absolute atomic E-state index is 13.5. The molecule has 1 amide bonds. The molecule has 1 aliphatic rings. The van der Waals surface area contributed by atoms with E-state index in [-0.39, 0.29) is 42.7 Å². The fraction of sp³-hybridized carbons (Fsp3) is 0.407. The van der Waals surface area contributed by atoms with Gasteiger partial charge in [-0.2, -0.15) is 5.26 Å². The number of imidazole rings is 1. The molecule has 1 aliphatic heterocycles. The van der Waals surface area contributed by atoms with Crippen LogP contribution >= 0.6 is 8.53 Å². The van der Waals surface area contributed by atoms with Crippen molar-refractivity contribution in [3.05, 3.63) is 150 Å². The van der Waals surface area contributed by atoms with Crippen LogP contribution in [0.3, 0.4) is 0 Å². The Hall–Kier alpha value is -5.53. The van der Waals surface area contributed by atoms with Gasteiger partial charge in [-0.05, 0) is 105 Å². The van der Waals surface area contributed by atoms with Crippen LogP contribution in [0, 0.1) is 11.3 Å². The van der Waals surface area contributed by atoms with E-state index >= 15 is 0 Å². The summed E-state index contributed by atoms with van der Waals surface area (Å²) >= 11 is 0. The van der Waals surface area contributed by atoms with Crippen LogP contribution < -0.4 is 14.8 Å². The minimum absolute atomic E-state index is 0.0166. The van der Waals surface area contributed by atoms with E-state index in [0.29, 0.717) is 33.9 Å². The van der Waals surface area contributed by atoms with Crippen molar-refractivity contribution in [3.8, 4) is 17.6 Å². The Kier molecular flexibility index (Phi) is 17.0. The van der Waals surface area contributed by atoms with Crippen molar-refractivity contribution in [2.75, 3.05) is 32.8 Å². The van der Waals surface area contributed by atoms with Crippen molar-refractivity contribution in [3.63, 3.8) is 0 Å². The average molecular weight is 987 g/mol. The van der Waals surface area contributed by atoms with Crippen molar-refractivity contribution >= 4 is 39.6 Å². The minimum atomic E-state index is -2.64. The molecule has 1 N–H and O–H groups in total. The number of benzene rings is 4. The van der Waals surface area contributed by atoms with E-state index in [1.165, 1.54) is 0 Å². The van der Waals surface area contributed by atoms with Crippen LogP contribution in [0.1, 0.15) is 88.2 Å². The Bertz CT molecular complexity index is 2620. The Morgan fingerprint density at radius 3 is 1.94 bits per heavy atom. The lowest BCUT2D eigenvalue weighted by Crippen LogP contribution is -2.50. The van der Waals surface area contributed by atoms with Crippen LogP contribution in [0.2, 0.25) is 18.1 Å². The summed E-state index contributed by atoms with van der Waals surface area (Å²) in [6, 6.07) is 39.1.